The summed E-state index contributed by atoms with van der Waals surface area (Å²) in [6, 6.07) is 3.68. The highest BCUT2D eigenvalue weighted by atomic mass is 19.2. The lowest BCUT2D eigenvalue weighted by molar-refractivity contribution is -0.145. The molecule has 0 heterocycles. The zero-order valence-corrected chi connectivity index (χ0v) is 11.3. The molecule has 0 aliphatic heterocycles. The Balaban J connectivity index is 1.69. The predicted octanol–water partition coefficient (Wildman–Crippen LogP) is 2.14. The maximum absolute atomic E-state index is 13.2. The SMILES string of the molecule is O=C(O)CN(C(=O)[C@@H]1C[C@@H]1c1ccc(F)c(F)c1)C1CC1. The average Bonchev–Trinajstić information content (AvgIpc) is 3.30. The first-order valence-corrected chi connectivity index (χ1v) is 6.94. The average molecular weight is 295 g/mol. The molecule has 2 saturated carbocycles. The van der Waals surface area contributed by atoms with Crippen LogP contribution in [0.5, 0.6) is 0 Å². The van der Waals surface area contributed by atoms with Gasteiger partial charge in [0.2, 0.25) is 5.91 Å². The Morgan fingerprint density at radius 2 is 1.95 bits per heavy atom. The van der Waals surface area contributed by atoms with Gasteiger partial charge < -0.3 is 10.0 Å². The number of hydrogen-bond acceptors (Lipinski definition) is 2. The van der Waals surface area contributed by atoms with Crippen LogP contribution < -0.4 is 0 Å². The summed E-state index contributed by atoms with van der Waals surface area (Å²) in [6.45, 7) is -0.287. The van der Waals surface area contributed by atoms with E-state index >= 15 is 0 Å². The van der Waals surface area contributed by atoms with E-state index in [0.29, 0.717) is 12.0 Å². The van der Waals surface area contributed by atoms with Gasteiger partial charge in [-0.3, -0.25) is 9.59 Å². The van der Waals surface area contributed by atoms with Gasteiger partial charge in [-0.05, 0) is 42.9 Å². The van der Waals surface area contributed by atoms with E-state index in [9.17, 15) is 18.4 Å². The second kappa shape index (κ2) is 5.09. The van der Waals surface area contributed by atoms with E-state index in [0.717, 1.165) is 25.0 Å². The molecule has 2 atom stereocenters. The van der Waals surface area contributed by atoms with Crippen LogP contribution in [0.3, 0.4) is 0 Å². The number of carbonyl (C=O) groups is 2. The summed E-state index contributed by atoms with van der Waals surface area (Å²) in [7, 11) is 0. The van der Waals surface area contributed by atoms with Crippen LogP contribution in [0.15, 0.2) is 18.2 Å². The Morgan fingerprint density at radius 3 is 2.52 bits per heavy atom. The first-order chi connectivity index (χ1) is 9.97. The Bertz CT molecular complexity index is 601. The minimum Gasteiger partial charge on any atom is -0.480 e. The molecule has 4 nitrogen and oxygen atoms in total. The Hall–Kier alpha value is -1.98. The topological polar surface area (TPSA) is 57.6 Å². The monoisotopic (exact) mass is 295 g/mol. The molecule has 6 heteroatoms. The number of hydrogen-bond donors (Lipinski definition) is 1. The van der Waals surface area contributed by atoms with E-state index in [4.69, 9.17) is 5.11 Å². The smallest absolute Gasteiger partial charge is 0.323 e. The molecule has 3 rings (SSSR count). The van der Waals surface area contributed by atoms with Gasteiger partial charge in [-0.1, -0.05) is 6.07 Å². The Labute approximate surface area is 120 Å². The van der Waals surface area contributed by atoms with Gasteiger partial charge in [0.15, 0.2) is 11.6 Å². The molecule has 1 aromatic rings. The van der Waals surface area contributed by atoms with E-state index in [-0.39, 0.29) is 30.3 Å². The molecule has 0 bridgehead atoms. The highest BCUT2D eigenvalue weighted by molar-refractivity contribution is 5.86. The van der Waals surface area contributed by atoms with Gasteiger partial charge in [0.05, 0.1) is 0 Å². The second-order valence-corrected chi connectivity index (χ2v) is 5.71. The molecule has 0 aromatic heterocycles. The lowest BCUT2D eigenvalue weighted by atomic mass is 10.1. The van der Waals surface area contributed by atoms with Crippen molar-refractivity contribution in [1.82, 2.24) is 4.90 Å². The lowest BCUT2D eigenvalue weighted by Gasteiger charge is -2.20. The Kier molecular flexibility index (Phi) is 3.39. The van der Waals surface area contributed by atoms with Crippen molar-refractivity contribution in [2.24, 2.45) is 5.92 Å². The number of carboxylic acids is 1. The summed E-state index contributed by atoms with van der Waals surface area (Å²) in [5, 5.41) is 8.88. The molecule has 0 saturated heterocycles. The quantitative estimate of drug-likeness (QED) is 0.905. The molecule has 1 aromatic carbocycles. The van der Waals surface area contributed by atoms with Gasteiger partial charge in [0, 0.05) is 12.0 Å². The summed E-state index contributed by atoms with van der Waals surface area (Å²) in [5.74, 6) is -3.49. The third kappa shape index (κ3) is 2.89. The van der Waals surface area contributed by atoms with Crippen molar-refractivity contribution < 1.29 is 23.5 Å². The van der Waals surface area contributed by atoms with Crippen molar-refractivity contribution in [3.63, 3.8) is 0 Å². The van der Waals surface area contributed by atoms with Crippen LogP contribution in [0.25, 0.3) is 0 Å². The molecule has 0 radical (unpaired) electrons. The number of amides is 1. The molecular weight excluding hydrogens is 280 g/mol. The zero-order valence-electron chi connectivity index (χ0n) is 11.3. The van der Waals surface area contributed by atoms with Crippen LogP contribution in [-0.4, -0.2) is 34.5 Å². The van der Waals surface area contributed by atoms with Crippen molar-refractivity contribution in [2.45, 2.75) is 31.2 Å². The first-order valence-electron chi connectivity index (χ1n) is 6.94. The van der Waals surface area contributed by atoms with Crippen LogP contribution in [-0.2, 0) is 9.59 Å². The van der Waals surface area contributed by atoms with Gasteiger partial charge in [-0.15, -0.1) is 0 Å². The lowest BCUT2D eigenvalue weighted by Crippen LogP contribution is -2.38. The molecule has 21 heavy (non-hydrogen) atoms. The highest BCUT2D eigenvalue weighted by Crippen LogP contribution is 2.49. The minimum atomic E-state index is -1.03. The van der Waals surface area contributed by atoms with E-state index in [1.807, 2.05) is 0 Å². The molecule has 1 amide bonds. The molecule has 1 N–H and O–H groups in total. The van der Waals surface area contributed by atoms with E-state index < -0.39 is 17.6 Å². The van der Waals surface area contributed by atoms with Crippen molar-refractivity contribution in [1.29, 1.82) is 0 Å². The van der Waals surface area contributed by atoms with E-state index in [1.165, 1.54) is 11.0 Å². The molecular formula is C15H15F2NO3. The number of nitrogens with zero attached hydrogens (tertiary/aromatic N) is 1. The second-order valence-electron chi connectivity index (χ2n) is 5.71. The summed E-state index contributed by atoms with van der Waals surface area (Å²) in [5.41, 5.74) is 0.596. The molecule has 112 valence electrons. The number of rotatable bonds is 5. The molecule has 0 unspecified atom stereocenters. The van der Waals surface area contributed by atoms with Crippen LogP contribution in [0.1, 0.15) is 30.7 Å². The summed E-state index contributed by atoms with van der Waals surface area (Å²) < 4.78 is 26.1. The largest absolute Gasteiger partial charge is 0.480 e. The zero-order chi connectivity index (χ0) is 15.1. The van der Waals surface area contributed by atoms with Crippen molar-refractivity contribution in [2.75, 3.05) is 6.54 Å². The third-order valence-corrected chi connectivity index (χ3v) is 4.06. The molecule has 2 aliphatic rings. The summed E-state index contributed by atoms with van der Waals surface area (Å²) >= 11 is 0. The van der Waals surface area contributed by atoms with Gasteiger partial charge in [0.1, 0.15) is 6.54 Å². The van der Waals surface area contributed by atoms with E-state index in [2.05, 4.69) is 0 Å². The molecule has 2 fully saturated rings. The summed E-state index contributed by atoms with van der Waals surface area (Å²) in [6.07, 6.45) is 2.23. The number of aliphatic carboxylic acids is 1. The maximum atomic E-state index is 13.2. The predicted molar refractivity (Wildman–Crippen MR) is 69.6 cm³/mol. The number of halogens is 2. The van der Waals surface area contributed by atoms with Gasteiger partial charge in [-0.25, -0.2) is 8.78 Å². The fraction of sp³-hybridized carbons (Fsp3) is 0.467. The maximum Gasteiger partial charge on any atom is 0.323 e. The van der Waals surface area contributed by atoms with Crippen LogP contribution in [0.2, 0.25) is 0 Å². The minimum absolute atomic E-state index is 0.0276. The Morgan fingerprint density at radius 1 is 1.24 bits per heavy atom. The molecule has 2 aliphatic carbocycles. The van der Waals surface area contributed by atoms with Crippen LogP contribution >= 0.6 is 0 Å². The highest BCUT2D eigenvalue weighted by Gasteiger charge is 2.48. The standard InChI is InChI=1S/C15H15F2NO3/c16-12-4-1-8(5-13(12)17)10-6-11(10)15(21)18(7-14(19)20)9-2-3-9/h1,4-5,9-11H,2-3,6-7H2,(H,19,20)/t10-,11-/m1/s1. The number of benzene rings is 1. The van der Waals surface area contributed by atoms with Crippen molar-refractivity contribution in [3.8, 4) is 0 Å². The first kappa shape index (κ1) is 14.0. The fourth-order valence-electron chi connectivity index (χ4n) is 2.71. The van der Waals surface area contributed by atoms with Crippen molar-refractivity contribution >= 4 is 11.9 Å². The third-order valence-electron chi connectivity index (χ3n) is 4.06. The van der Waals surface area contributed by atoms with E-state index in [1.54, 1.807) is 0 Å². The van der Waals surface area contributed by atoms with Crippen molar-refractivity contribution in [3.05, 3.63) is 35.4 Å². The number of carbonyl (C=O) groups excluding carboxylic acids is 1. The normalized spacial score (nSPS) is 23.7. The van der Waals surface area contributed by atoms with Gasteiger partial charge in [-0.2, -0.15) is 0 Å². The van der Waals surface area contributed by atoms with Gasteiger partial charge in [0.25, 0.3) is 0 Å². The van der Waals surface area contributed by atoms with Crippen LogP contribution in [0.4, 0.5) is 8.78 Å². The molecule has 0 spiro atoms. The summed E-state index contributed by atoms with van der Waals surface area (Å²) in [4.78, 5) is 24.6. The number of carboxylic acid groups (broad SMARTS) is 1. The van der Waals surface area contributed by atoms with Gasteiger partial charge >= 0.3 is 5.97 Å². The fourth-order valence-corrected chi connectivity index (χ4v) is 2.71. The van der Waals surface area contributed by atoms with Crippen LogP contribution in [0, 0.1) is 17.6 Å².